The Bertz CT molecular complexity index is 2160. The standard InChI is InChI=1S/C36H25N5/c1-3-13-26(14-4-1)30-20-12-24-35(37-30)39(27-15-5-2-6-16-27)28-17-11-18-29(25-28)40-33-22-9-10-23-34(33)41-32-21-8-7-19-31(32)38-36(40)41/h1-25H. The quantitative estimate of drug-likeness (QED) is 0.224. The summed E-state index contributed by atoms with van der Waals surface area (Å²) < 4.78 is 4.49. The maximum absolute atomic E-state index is 5.12. The molecule has 0 radical (unpaired) electrons. The van der Waals surface area contributed by atoms with Crippen LogP contribution in [0.15, 0.2) is 152 Å². The zero-order valence-corrected chi connectivity index (χ0v) is 22.2. The Balaban J connectivity index is 1.34. The monoisotopic (exact) mass is 527 g/mol. The topological polar surface area (TPSA) is 38.4 Å². The van der Waals surface area contributed by atoms with Crippen LogP contribution in [0.5, 0.6) is 0 Å². The second kappa shape index (κ2) is 9.50. The third-order valence-corrected chi connectivity index (χ3v) is 7.50. The van der Waals surface area contributed by atoms with Gasteiger partial charge in [0.15, 0.2) is 0 Å². The van der Waals surface area contributed by atoms with Crippen LogP contribution in [0.25, 0.3) is 44.8 Å². The van der Waals surface area contributed by atoms with Gasteiger partial charge < -0.3 is 0 Å². The van der Waals surface area contributed by atoms with Crippen molar-refractivity contribution in [1.82, 2.24) is 18.9 Å². The van der Waals surface area contributed by atoms with Crippen LogP contribution in [-0.4, -0.2) is 18.9 Å². The predicted molar refractivity (Wildman–Crippen MR) is 167 cm³/mol. The van der Waals surface area contributed by atoms with Crippen LogP contribution in [0, 0.1) is 0 Å². The number of fused-ring (bicyclic) bond motifs is 5. The van der Waals surface area contributed by atoms with E-state index in [0.29, 0.717) is 0 Å². The lowest BCUT2D eigenvalue weighted by atomic mass is 10.1. The molecule has 3 aromatic heterocycles. The maximum Gasteiger partial charge on any atom is 0.220 e. The summed E-state index contributed by atoms with van der Waals surface area (Å²) in [6, 6.07) is 52.3. The summed E-state index contributed by atoms with van der Waals surface area (Å²) in [5.74, 6) is 1.74. The van der Waals surface area contributed by atoms with E-state index in [-0.39, 0.29) is 0 Å². The van der Waals surface area contributed by atoms with Crippen LogP contribution in [0.3, 0.4) is 0 Å². The van der Waals surface area contributed by atoms with Crippen molar-refractivity contribution in [1.29, 1.82) is 0 Å². The molecule has 0 saturated carbocycles. The normalized spacial score (nSPS) is 11.4. The highest BCUT2D eigenvalue weighted by atomic mass is 15.2. The molecule has 0 aliphatic rings. The summed E-state index contributed by atoms with van der Waals surface area (Å²) in [7, 11) is 0. The van der Waals surface area contributed by atoms with Crippen LogP contribution in [-0.2, 0) is 0 Å². The lowest BCUT2D eigenvalue weighted by Crippen LogP contribution is -2.12. The highest BCUT2D eigenvalue weighted by molar-refractivity contribution is 5.92. The number of para-hydroxylation sites is 5. The largest absolute Gasteiger partial charge is 0.295 e. The van der Waals surface area contributed by atoms with Crippen molar-refractivity contribution >= 4 is 45.0 Å². The Kier molecular flexibility index (Phi) is 5.38. The second-order valence-electron chi connectivity index (χ2n) is 10.00. The molecular formula is C36H25N5. The number of hydrogen-bond donors (Lipinski definition) is 0. The minimum Gasteiger partial charge on any atom is -0.295 e. The van der Waals surface area contributed by atoms with E-state index < -0.39 is 0 Å². The van der Waals surface area contributed by atoms with Gasteiger partial charge in [-0.2, -0.15) is 0 Å². The molecule has 0 spiro atoms. The van der Waals surface area contributed by atoms with E-state index in [1.54, 1.807) is 0 Å². The molecule has 0 atom stereocenters. The van der Waals surface area contributed by atoms with Gasteiger partial charge in [0.1, 0.15) is 5.82 Å². The fourth-order valence-corrected chi connectivity index (χ4v) is 5.68. The van der Waals surface area contributed by atoms with E-state index in [1.165, 1.54) is 0 Å². The number of hydrogen-bond acceptors (Lipinski definition) is 3. The van der Waals surface area contributed by atoms with Gasteiger partial charge in [0, 0.05) is 16.9 Å². The molecule has 0 saturated heterocycles. The molecule has 8 rings (SSSR count). The lowest BCUT2D eigenvalue weighted by molar-refractivity contribution is 1.10. The number of benzene rings is 5. The van der Waals surface area contributed by atoms with Gasteiger partial charge in [-0.1, -0.05) is 84.9 Å². The van der Waals surface area contributed by atoms with Crippen molar-refractivity contribution in [2.75, 3.05) is 4.90 Å². The third kappa shape index (κ3) is 3.86. The third-order valence-electron chi connectivity index (χ3n) is 7.50. The zero-order valence-electron chi connectivity index (χ0n) is 22.2. The Morgan fingerprint density at radius 3 is 1.98 bits per heavy atom. The highest BCUT2D eigenvalue weighted by Gasteiger charge is 2.19. The lowest BCUT2D eigenvalue weighted by Gasteiger charge is -2.25. The van der Waals surface area contributed by atoms with Crippen molar-refractivity contribution in [3.63, 3.8) is 0 Å². The first-order valence-electron chi connectivity index (χ1n) is 13.7. The van der Waals surface area contributed by atoms with Gasteiger partial charge in [0.2, 0.25) is 5.78 Å². The molecule has 5 aromatic carbocycles. The molecule has 0 fully saturated rings. The average molecular weight is 528 g/mol. The second-order valence-corrected chi connectivity index (χ2v) is 10.00. The number of rotatable bonds is 5. The molecule has 5 nitrogen and oxygen atoms in total. The summed E-state index contributed by atoms with van der Waals surface area (Å²) in [6.45, 7) is 0. The summed E-state index contributed by atoms with van der Waals surface area (Å²) >= 11 is 0. The first-order valence-corrected chi connectivity index (χ1v) is 13.7. The van der Waals surface area contributed by atoms with Gasteiger partial charge in [-0.25, -0.2) is 9.97 Å². The molecule has 8 aromatic rings. The molecule has 0 aliphatic heterocycles. The Hall–Kier alpha value is -5.68. The van der Waals surface area contributed by atoms with E-state index in [2.05, 4.69) is 135 Å². The van der Waals surface area contributed by atoms with E-state index in [9.17, 15) is 0 Å². The Morgan fingerprint density at radius 2 is 1.15 bits per heavy atom. The van der Waals surface area contributed by atoms with Crippen LogP contribution in [0.4, 0.5) is 17.2 Å². The average Bonchev–Trinajstić information content (AvgIpc) is 3.57. The van der Waals surface area contributed by atoms with Crippen LogP contribution >= 0.6 is 0 Å². The van der Waals surface area contributed by atoms with E-state index in [0.717, 1.165) is 62.0 Å². The van der Waals surface area contributed by atoms with Crippen LogP contribution in [0.1, 0.15) is 0 Å². The van der Waals surface area contributed by atoms with Crippen molar-refractivity contribution in [3.8, 4) is 16.9 Å². The van der Waals surface area contributed by atoms with Gasteiger partial charge in [0.05, 0.1) is 33.4 Å². The summed E-state index contributed by atoms with van der Waals surface area (Å²) in [4.78, 5) is 12.4. The fraction of sp³-hybridized carbons (Fsp3) is 0. The first-order chi connectivity index (χ1) is 20.3. The minimum absolute atomic E-state index is 0.851. The van der Waals surface area contributed by atoms with Gasteiger partial charge in [-0.05, 0) is 66.7 Å². The fourth-order valence-electron chi connectivity index (χ4n) is 5.68. The van der Waals surface area contributed by atoms with Crippen LogP contribution < -0.4 is 4.90 Å². The minimum atomic E-state index is 0.851. The van der Waals surface area contributed by atoms with Crippen LogP contribution in [0.2, 0.25) is 0 Å². The summed E-state index contributed by atoms with van der Waals surface area (Å²) in [5, 5.41) is 0. The molecule has 194 valence electrons. The van der Waals surface area contributed by atoms with E-state index in [1.807, 2.05) is 30.3 Å². The molecule has 0 N–H and O–H groups in total. The maximum atomic E-state index is 5.12. The molecule has 3 heterocycles. The van der Waals surface area contributed by atoms with Crippen molar-refractivity contribution < 1.29 is 0 Å². The van der Waals surface area contributed by atoms with E-state index in [4.69, 9.17) is 9.97 Å². The molecule has 0 aliphatic carbocycles. The molecule has 5 heteroatoms. The number of aromatic nitrogens is 4. The van der Waals surface area contributed by atoms with Gasteiger partial charge >= 0.3 is 0 Å². The highest BCUT2D eigenvalue weighted by Crippen LogP contribution is 2.36. The van der Waals surface area contributed by atoms with Crippen molar-refractivity contribution in [2.24, 2.45) is 0 Å². The van der Waals surface area contributed by atoms with Crippen molar-refractivity contribution in [3.05, 3.63) is 152 Å². The molecular weight excluding hydrogens is 502 g/mol. The number of nitrogens with zero attached hydrogens (tertiary/aromatic N) is 5. The molecule has 0 bridgehead atoms. The molecule has 0 unspecified atom stereocenters. The number of imidazole rings is 2. The zero-order chi connectivity index (χ0) is 27.2. The summed E-state index contributed by atoms with van der Waals surface area (Å²) in [5.41, 5.74) is 9.41. The SMILES string of the molecule is c1ccc(-c2cccc(N(c3ccccc3)c3cccc(-n4c5ccccc5n5c6ccccc6nc45)c3)n2)cc1. The van der Waals surface area contributed by atoms with Gasteiger partial charge in [-0.3, -0.25) is 13.9 Å². The Morgan fingerprint density at radius 1 is 0.488 bits per heavy atom. The van der Waals surface area contributed by atoms with Gasteiger partial charge in [-0.15, -0.1) is 0 Å². The van der Waals surface area contributed by atoms with Gasteiger partial charge in [0.25, 0.3) is 0 Å². The van der Waals surface area contributed by atoms with Crippen molar-refractivity contribution in [2.45, 2.75) is 0 Å². The number of pyridine rings is 1. The predicted octanol–water partition coefficient (Wildman–Crippen LogP) is 8.96. The molecule has 41 heavy (non-hydrogen) atoms. The smallest absolute Gasteiger partial charge is 0.220 e. The Labute approximate surface area is 237 Å². The summed E-state index contributed by atoms with van der Waals surface area (Å²) in [6.07, 6.45) is 0. The van der Waals surface area contributed by atoms with E-state index >= 15 is 0 Å². The molecule has 0 amide bonds. The first kappa shape index (κ1) is 23.2. The number of anilines is 3.